The fourth-order valence-corrected chi connectivity index (χ4v) is 3.13. The summed E-state index contributed by atoms with van der Waals surface area (Å²) in [5.41, 5.74) is 6.15. The van der Waals surface area contributed by atoms with E-state index in [9.17, 15) is 4.79 Å². The van der Waals surface area contributed by atoms with Crippen molar-refractivity contribution in [3.63, 3.8) is 0 Å². The van der Waals surface area contributed by atoms with Crippen LogP contribution in [0.3, 0.4) is 0 Å². The molecular formula is C16H18N4O2. The Bertz CT molecular complexity index is 697. The summed E-state index contributed by atoms with van der Waals surface area (Å²) in [5.74, 6) is 0.869. The molecule has 0 fully saturated rings. The lowest BCUT2D eigenvalue weighted by Gasteiger charge is -2.32. The van der Waals surface area contributed by atoms with Crippen molar-refractivity contribution in [1.29, 1.82) is 0 Å². The Morgan fingerprint density at radius 3 is 3.27 bits per heavy atom. The number of imidazole rings is 1. The number of ether oxygens (including phenoxy) is 1. The minimum Gasteiger partial charge on any atom is -0.489 e. The number of amides is 1. The number of hydrogen-bond acceptors (Lipinski definition) is 4. The van der Waals surface area contributed by atoms with Crippen LogP contribution < -0.4 is 15.2 Å². The van der Waals surface area contributed by atoms with Crippen LogP contribution in [0.25, 0.3) is 0 Å². The van der Waals surface area contributed by atoms with Crippen molar-refractivity contribution in [1.82, 2.24) is 15.4 Å². The van der Waals surface area contributed by atoms with E-state index in [2.05, 4.69) is 15.4 Å². The summed E-state index contributed by atoms with van der Waals surface area (Å²) in [5, 5.41) is 1.89. The third kappa shape index (κ3) is 2.30. The molecule has 114 valence electrons. The van der Waals surface area contributed by atoms with Crippen molar-refractivity contribution < 1.29 is 9.53 Å². The van der Waals surface area contributed by atoms with Crippen molar-refractivity contribution in [3.8, 4) is 5.75 Å². The summed E-state index contributed by atoms with van der Waals surface area (Å²) >= 11 is 0. The maximum atomic E-state index is 12.6. The van der Waals surface area contributed by atoms with Gasteiger partial charge >= 0.3 is 0 Å². The number of fused-ring (bicyclic) bond motifs is 2. The zero-order chi connectivity index (χ0) is 14.9. The number of aromatic nitrogens is 2. The Hall–Kier alpha value is -2.50. The van der Waals surface area contributed by atoms with E-state index in [1.54, 1.807) is 6.33 Å². The van der Waals surface area contributed by atoms with Crippen molar-refractivity contribution in [2.75, 3.05) is 18.2 Å². The number of para-hydroxylation sites is 2. The summed E-state index contributed by atoms with van der Waals surface area (Å²) < 4.78 is 5.61. The highest BCUT2D eigenvalue weighted by atomic mass is 16.5. The Morgan fingerprint density at radius 1 is 1.41 bits per heavy atom. The van der Waals surface area contributed by atoms with Gasteiger partial charge in [-0.2, -0.15) is 0 Å². The van der Waals surface area contributed by atoms with Crippen LogP contribution in [-0.4, -0.2) is 29.0 Å². The van der Waals surface area contributed by atoms with Crippen LogP contribution in [0.2, 0.25) is 0 Å². The second kappa shape index (κ2) is 5.36. The molecule has 0 saturated carbocycles. The molecule has 1 aromatic carbocycles. The standard InChI is InChI=1S/C16H18N4O2/c21-16(11-5-6-12-13(9-11)18-10-17-12)19-20-7-8-22-15-4-2-1-3-14(15)20/h1-4,10-11H,5-9H2,(H,17,18)(H,19,21)/t11-/m1/s1. The average Bonchev–Trinajstić information content (AvgIpc) is 3.02. The average molecular weight is 298 g/mol. The largest absolute Gasteiger partial charge is 0.489 e. The van der Waals surface area contributed by atoms with E-state index in [0.717, 1.165) is 42.1 Å². The lowest BCUT2D eigenvalue weighted by molar-refractivity contribution is -0.125. The highest BCUT2D eigenvalue weighted by Gasteiger charge is 2.28. The molecule has 6 heteroatoms. The molecule has 4 rings (SSSR count). The van der Waals surface area contributed by atoms with Gasteiger partial charge < -0.3 is 9.72 Å². The zero-order valence-corrected chi connectivity index (χ0v) is 12.2. The summed E-state index contributed by atoms with van der Waals surface area (Å²) in [7, 11) is 0. The zero-order valence-electron chi connectivity index (χ0n) is 12.2. The first-order valence-corrected chi connectivity index (χ1v) is 7.62. The number of hydrogen-bond donors (Lipinski definition) is 2. The number of carbonyl (C=O) groups excluding carboxylic acids is 1. The number of anilines is 1. The predicted molar refractivity (Wildman–Crippen MR) is 81.5 cm³/mol. The van der Waals surface area contributed by atoms with Crippen LogP contribution in [0.4, 0.5) is 5.69 Å². The second-order valence-corrected chi connectivity index (χ2v) is 5.71. The minimum absolute atomic E-state index is 0.0112. The van der Waals surface area contributed by atoms with Crippen molar-refractivity contribution in [3.05, 3.63) is 42.0 Å². The Kier molecular flexibility index (Phi) is 3.21. The molecule has 1 atom stereocenters. The Balaban J connectivity index is 1.47. The Morgan fingerprint density at radius 2 is 2.32 bits per heavy atom. The highest BCUT2D eigenvalue weighted by Crippen LogP contribution is 2.30. The first-order valence-electron chi connectivity index (χ1n) is 7.62. The number of H-pyrrole nitrogens is 1. The van der Waals surface area contributed by atoms with Crippen LogP contribution >= 0.6 is 0 Å². The van der Waals surface area contributed by atoms with E-state index in [1.165, 1.54) is 0 Å². The van der Waals surface area contributed by atoms with Gasteiger partial charge in [-0.3, -0.25) is 15.2 Å². The number of aryl methyl sites for hydroxylation is 1. The molecule has 1 amide bonds. The first-order chi connectivity index (χ1) is 10.8. The van der Waals surface area contributed by atoms with E-state index in [-0.39, 0.29) is 11.8 Å². The maximum Gasteiger partial charge on any atom is 0.242 e. The Labute approximate surface area is 128 Å². The minimum atomic E-state index is -0.0112. The quantitative estimate of drug-likeness (QED) is 0.880. The molecule has 0 saturated heterocycles. The molecule has 0 spiro atoms. The van der Waals surface area contributed by atoms with Gasteiger partial charge in [-0.15, -0.1) is 0 Å². The van der Waals surface area contributed by atoms with E-state index in [1.807, 2.05) is 29.3 Å². The third-order valence-corrected chi connectivity index (χ3v) is 4.33. The summed E-state index contributed by atoms with van der Waals surface area (Å²) in [6, 6.07) is 7.77. The number of hydrazine groups is 1. The summed E-state index contributed by atoms with van der Waals surface area (Å²) in [4.78, 5) is 20.0. The van der Waals surface area contributed by atoms with E-state index >= 15 is 0 Å². The van der Waals surface area contributed by atoms with Gasteiger partial charge in [0.05, 0.1) is 24.3 Å². The van der Waals surface area contributed by atoms with Gasteiger partial charge in [-0.05, 0) is 25.0 Å². The number of carbonyl (C=O) groups is 1. The molecular weight excluding hydrogens is 280 g/mol. The van der Waals surface area contributed by atoms with E-state index in [0.29, 0.717) is 13.2 Å². The topological polar surface area (TPSA) is 70.2 Å². The van der Waals surface area contributed by atoms with E-state index < -0.39 is 0 Å². The van der Waals surface area contributed by atoms with Crippen LogP contribution in [0, 0.1) is 5.92 Å². The van der Waals surface area contributed by atoms with Gasteiger partial charge in [0.2, 0.25) is 5.91 Å². The molecule has 1 aliphatic heterocycles. The van der Waals surface area contributed by atoms with Gasteiger partial charge in [0.1, 0.15) is 12.4 Å². The van der Waals surface area contributed by atoms with Gasteiger partial charge in [0, 0.05) is 18.0 Å². The van der Waals surface area contributed by atoms with Crippen LogP contribution in [0.1, 0.15) is 17.8 Å². The fourth-order valence-electron chi connectivity index (χ4n) is 3.13. The van der Waals surface area contributed by atoms with Crippen molar-refractivity contribution in [2.24, 2.45) is 5.92 Å². The number of aromatic amines is 1. The molecule has 22 heavy (non-hydrogen) atoms. The molecule has 1 aromatic heterocycles. The summed E-state index contributed by atoms with van der Waals surface area (Å²) in [6.45, 7) is 1.23. The smallest absolute Gasteiger partial charge is 0.242 e. The van der Waals surface area contributed by atoms with Gasteiger partial charge in [-0.25, -0.2) is 4.98 Å². The summed E-state index contributed by atoms with van der Waals surface area (Å²) in [6.07, 6.45) is 4.14. The molecule has 2 heterocycles. The van der Waals surface area contributed by atoms with Crippen LogP contribution in [0.5, 0.6) is 5.75 Å². The van der Waals surface area contributed by atoms with Crippen molar-refractivity contribution >= 4 is 11.6 Å². The molecule has 0 unspecified atom stereocenters. The second-order valence-electron chi connectivity index (χ2n) is 5.71. The number of nitrogens with one attached hydrogen (secondary N) is 2. The third-order valence-electron chi connectivity index (χ3n) is 4.33. The SMILES string of the molecule is O=C(NN1CCOc2ccccc21)[C@@H]1CCc2nc[nH]c2C1. The molecule has 0 radical (unpaired) electrons. The number of nitrogens with zero attached hydrogens (tertiary/aromatic N) is 2. The number of benzene rings is 1. The highest BCUT2D eigenvalue weighted by molar-refractivity contribution is 5.81. The van der Waals surface area contributed by atoms with Crippen LogP contribution in [-0.2, 0) is 17.6 Å². The molecule has 6 nitrogen and oxygen atoms in total. The normalized spacial score (nSPS) is 19.8. The van der Waals surface area contributed by atoms with Crippen molar-refractivity contribution in [2.45, 2.75) is 19.3 Å². The molecule has 2 aromatic rings. The van der Waals surface area contributed by atoms with E-state index in [4.69, 9.17) is 4.74 Å². The number of rotatable bonds is 2. The molecule has 1 aliphatic carbocycles. The first kappa shape index (κ1) is 13.2. The van der Waals surface area contributed by atoms with Crippen LogP contribution in [0.15, 0.2) is 30.6 Å². The molecule has 2 N–H and O–H groups in total. The predicted octanol–water partition coefficient (Wildman–Crippen LogP) is 1.44. The lowest BCUT2D eigenvalue weighted by atomic mass is 9.89. The monoisotopic (exact) mass is 298 g/mol. The molecule has 2 aliphatic rings. The van der Waals surface area contributed by atoms with Gasteiger partial charge in [0.25, 0.3) is 0 Å². The molecule has 0 bridgehead atoms. The van der Waals surface area contributed by atoms with Gasteiger partial charge in [0.15, 0.2) is 0 Å². The maximum absolute atomic E-state index is 12.6. The lowest BCUT2D eigenvalue weighted by Crippen LogP contribution is -2.49. The fraction of sp³-hybridized carbons (Fsp3) is 0.375. The van der Waals surface area contributed by atoms with Gasteiger partial charge in [-0.1, -0.05) is 12.1 Å².